The number of halogens is 2. The first kappa shape index (κ1) is 18.1. The van der Waals surface area contributed by atoms with Crippen molar-refractivity contribution in [3.05, 3.63) is 51.5 Å². The van der Waals surface area contributed by atoms with Gasteiger partial charge in [0.1, 0.15) is 0 Å². The molecule has 0 saturated heterocycles. The number of benzene rings is 2. The van der Waals surface area contributed by atoms with Crippen LogP contribution in [0.2, 0.25) is 10.0 Å². The van der Waals surface area contributed by atoms with Crippen LogP contribution in [0.5, 0.6) is 11.5 Å². The summed E-state index contributed by atoms with van der Waals surface area (Å²) in [7, 11) is 0. The quantitative estimate of drug-likeness (QED) is 0.718. The molecule has 0 unspecified atom stereocenters. The van der Waals surface area contributed by atoms with Crippen molar-refractivity contribution in [1.82, 2.24) is 5.32 Å². The monoisotopic (exact) mass is 396 g/mol. The number of ether oxygens (including phenoxy) is 2. The van der Waals surface area contributed by atoms with Gasteiger partial charge in [-0.25, -0.2) is 0 Å². The Balaban J connectivity index is 1.65. The minimum atomic E-state index is 0.508. The van der Waals surface area contributed by atoms with Gasteiger partial charge in [0.25, 0.3) is 0 Å². The Morgan fingerprint density at radius 2 is 1.96 bits per heavy atom. The van der Waals surface area contributed by atoms with Gasteiger partial charge in [-0.1, -0.05) is 29.3 Å². The summed E-state index contributed by atoms with van der Waals surface area (Å²) in [5.41, 5.74) is 2.79. The molecule has 0 spiro atoms. The molecule has 1 aliphatic rings. The molecule has 1 aliphatic heterocycles. The second-order valence-corrected chi connectivity index (χ2v) is 6.90. The minimum Gasteiger partial charge on any atom is -0.489 e. The predicted octanol–water partition coefficient (Wildman–Crippen LogP) is 4.95. The highest BCUT2D eigenvalue weighted by molar-refractivity contribution is 7.80. The van der Waals surface area contributed by atoms with Crippen molar-refractivity contribution in [1.29, 1.82) is 0 Å². The molecule has 0 amide bonds. The zero-order valence-corrected chi connectivity index (χ0v) is 16.0. The number of rotatable bonds is 3. The van der Waals surface area contributed by atoms with E-state index in [4.69, 9.17) is 44.9 Å². The normalized spacial score (nSPS) is 13.1. The van der Waals surface area contributed by atoms with Crippen molar-refractivity contribution in [3.8, 4) is 11.5 Å². The lowest BCUT2D eigenvalue weighted by atomic mass is 10.2. The average molecular weight is 397 g/mol. The van der Waals surface area contributed by atoms with Crippen LogP contribution in [0.3, 0.4) is 0 Å². The number of nitrogens with one attached hydrogen (secondary N) is 2. The van der Waals surface area contributed by atoms with Crippen LogP contribution >= 0.6 is 35.4 Å². The third-order valence-electron chi connectivity index (χ3n) is 3.83. The molecule has 4 nitrogen and oxygen atoms in total. The van der Waals surface area contributed by atoms with Crippen LogP contribution in [0.1, 0.15) is 17.5 Å². The molecule has 7 heteroatoms. The third kappa shape index (κ3) is 4.48. The maximum Gasteiger partial charge on any atom is 0.179 e. The molecule has 0 saturated carbocycles. The number of fused-ring (bicyclic) bond motifs is 1. The van der Waals surface area contributed by atoms with Crippen LogP contribution in [0, 0.1) is 6.92 Å². The SMILES string of the molecule is Cc1c(Cl)cccc1NC(=S)NCc1cc(Cl)c2c(c1)OCCCO2. The molecular formula is C18H18Cl2N2O2S. The van der Waals surface area contributed by atoms with Crippen molar-refractivity contribution in [2.45, 2.75) is 19.9 Å². The molecule has 0 fully saturated rings. The van der Waals surface area contributed by atoms with Gasteiger partial charge in [-0.2, -0.15) is 0 Å². The fourth-order valence-corrected chi connectivity index (χ4v) is 3.12. The molecule has 2 aromatic carbocycles. The van der Waals surface area contributed by atoms with E-state index in [0.29, 0.717) is 46.4 Å². The van der Waals surface area contributed by atoms with Crippen molar-refractivity contribution < 1.29 is 9.47 Å². The van der Waals surface area contributed by atoms with Gasteiger partial charge in [0, 0.05) is 23.7 Å². The number of thiocarbonyl (C=S) groups is 1. The molecule has 2 N–H and O–H groups in total. The minimum absolute atomic E-state index is 0.508. The summed E-state index contributed by atoms with van der Waals surface area (Å²) in [6, 6.07) is 9.43. The Morgan fingerprint density at radius 1 is 1.16 bits per heavy atom. The largest absolute Gasteiger partial charge is 0.489 e. The second-order valence-electron chi connectivity index (χ2n) is 5.68. The van der Waals surface area contributed by atoms with Gasteiger partial charge >= 0.3 is 0 Å². The Hall–Kier alpha value is -1.69. The fraction of sp³-hybridized carbons (Fsp3) is 0.278. The maximum absolute atomic E-state index is 6.31. The molecule has 25 heavy (non-hydrogen) atoms. The lowest BCUT2D eigenvalue weighted by Gasteiger charge is -2.15. The Labute approximate surface area is 162 Å². The highest BCUT2D eigenvalue weighted by Gasteiger charge is 2.15. The molecule has 0 aromatic heterocycles. The standard InChI is InChI=1S/C18H18Cl2N2O2S/c1-11-13(19)4-2-5-15(11)22-18(25)21-10-12-8-14(20)17-16(9-12)23-6-3-7-24-17/h2,4-5,8-9H,3,6-7,10H2,1H3,(H2,21,22,25). The number of hydrogen-bond acceptors (Lipinski definition) is 3. The van der Waals surface area contributed by atoms with Crippen molar-refractivity contribution in [3.63, 3.8) is 0 Å². The van der Waals surface area contributed by atoms with Crippen LogP contribution in [0.4, 0.5) is 5.69 Å². The van der Waals surface area contributed by atoms with Gasteiger partial charge in [-0.05, 0) is 54.5 Å². The smallest absolute Gasteiger partial charge is 0.179 e. The molecular weight excluding hydrogens is 379 g/mol. The van der Waals surface area contributed by atoms with Gasteiger partial charge in [-0.15, -0.1) is 0 Å². The summed E-state index contributed by atoms with van der Waals surface area (Å²) >= 11 is 17.8. The van der Waals surface area contributed by atoms with Crippen LogP contribution in [0.25, 0.3) is 0 Å². The molecule has 2 aromatic rings. The van der Waals surface area contributed by atoms with E-state index in [1.165, 1.54) is 0 Å². The molecule has 1 heterocycles. The van der Waals surface area contributed by atoms with E-state index >= 15 is 0 Å². The van der Waals surface area contributed by atoms with E-state index < -0.39 is 0 Å². The second kappa shape index (κ2) is 8.13. The zero-order chi connectivity index (χ0) is 17.8. The Bertz CT molecular complexity index is 799. The van der Waals surface area contributed by atoms with E-state index in [1.54, 1.807) is 0 Å². The van der Waals surface area contributed by atoms with Gasteiger partial charge in [-0.3, -0.25) is 0 Å². The van der Waals surface area contributed by atoms with Crippen LogP contribution < -0.4 is 20.1 Å². The van der Waals surface area contributed by atoms with E-state index in [2.05, 4.69) is 10.6 Å². The molecule has 3 rings (SSSR count). The number of anilines is 1. The molecule has 132 valence electrons. The van der Waals surface area contributed by atoms with Crippen molar-refractivity contribution in [2.24, 2.45) is 0 Å². The van der Waals surface area contributed by atoms with E-state index in [9.17, 15) is 0 Å². The Kier molecular flexibility index (Phi) is 5.89. The molecule has 0 radical (unpaired) electrons. The van der Waals surface area contributed by atoms with Gasteiger partial charge in [0.15, 0.2) is 16.6 Å². The summed E-state index contributed by atoms with van der Waals surface area (Å²) < 4.78 is 11.3. The fourth-order valence-electron chi connectivity index (χ4n) is 2.48. The predicted molar refractivity (Wildman–Crippen MR) is 106 cm³/mol. The highest BCUT2D eigenvalue weighted by atomic mass is 35.5. The lowest BCUT2D eigenvalue weighted by Crippen LogP contribution is -2.28. The summed E-state index contributed by atoms with van der Waals surface area (Å²) in [6.45, 7) is 3.68. The van der Waals surface area contributed by atoms with Gasteiger partial charge in [0.2, 0.25) is 0 Å². The first-order valence-corrected chi connectivity index (χ1v) is 9.09. The van der Waals surface area contributed by atoms with Crippen LogP contribution in [0.15, 0.2) is 30.3 Å². The Morgan fingerprint density at radius 3 is 2.80 bits per heavy atom. The topological polar surface area (TPSA) is 42.5 Å². The van der Waals surface area contributed by atoms with Crippen LogP contribution in [-0.2, 0) is 6.54 Å². The van der Waals surface area contributed by atoms with E-state index in [0.717, 1.165) is 23.2 Å². The summed E-state index contributed by atoms with van der Waals surface area (Å²) in [5.74, 6) is 1.28. The van der Waals surface area contributed by atoms with E-state index in [1.807, 2.05) is 37.3 Å². The summed E-state index contributed by atoms with van der Waals surface area (Å²) in [5, 5.41) is 8.07. The molecule has 0 aliphatic carbocycles. The first-order chi connectivity index (χ1) is 12.0. The van der Waals surface area contributed by atoms with Crippen molar-refractivity contribution in [2.75, 3.05) is 18.5 Å². The highest BCUT2D eigenvalue weighted by Crippen LogP contribution is 2.38. The maximum atomic E-state index is 6.31. The number of hydrogen-bond donors (Lipinski definition) is 2. The summed E-state index contributed by atoms with van der Waals surface area (Å²) in [6.07, 6.45) is 0.839. The first-order valence-electron chi connectivity index (χ1n) is 7.92. The van der Waals surface area contributed by atoms with Crippen molar-refractivity contribution >= 4 is 46.2 Å². The third-order valence-corrected chi connectivity index (χ3v) is 4.77. The van der Waals surface area contributed by atoms with Gasteiger partial charge in [0.05, 0.1) is 18.2 Å². The zero-order valence-electron chi connectivity index (χ0n) is 13.7. The van der Waals surface area contributed by atoms with E-state index in [-0.39, 0.29) is 0 Å². The lowest BCUT2D eigenvalue weighted by molar-refractivity contribution is 0.297. The van der Waals surface area contributed by atoms with Gasteiger partial charge < -0.3 is 20.1 Å². The summed E-state index contributed by atoms with van der Waals surface area (Å²) in [4.78, 5) is 0. The molecule has 0 atom stereocenters. The molecule has 0 bridgehead atoms. The average Bonchev–Trinajstić information content (AvgIpc) is 2.83. The van der Waals surface area contributed by atoms with Crippen LogP contribution in [-0.4, -0.2) is 18.3 Å².